The van der Waals surface area contributed by atoms with Crippen molar-refractivity contribution in [2.45, 2.75) is 25.7 Å². The van der Waals surface area contributed by atoms with Crippen LogP contribution in [-0.2, 0) is 0 Å². The lowest BCUT2D eigenvalue weighted by atomic mass is 9.99. The number of allylic oxidation sites excluding steroid dienone is 3. The van der Waals surface area contributed by atoms with Crippen molar-refractivity contribution in [2.75, 3.05) is 19.6 Å². The Morgan fingerprint density at radius 3 is 2.62 bits per heavy atom. The second-order valence-corrected chi connectivity index (χ2v) is 4.17. The van der Waals surface area contributed by atoms with Gasteiger partial charge in [0.05, 0.1) is 0 Å². The van der Waals surface area contributed by atoms with Crippen LogP contribution >= 0.6 is 0 Å². The Hall–Kier alpha value is -0.560. The first-order chi connectivity index (χ1) is 6.45. The van der Waals surface area contributed by atoms with Crippen LogP contribution in [0.1, 0.15) is 25.7 Å². The van der Waals surface area contributed by atoms with Gasteiger partial charge in [0.1, 0.15) is 0 Å². The van der Waals surface area contributed by atoms with Crippen molar-refractivity contribution in [2.24, 2.45) is 5.92 Å². The van der Waals surface area contributed by atoms with Gasteiger partial charge >= 0.3 is 0 Å². The fourth-order valence-corrected chi connectivity index (χ4v) is 2.24. The van der Waals surface area contributed by atoms with E-state index in [1.165, 1.54) is 45.3 Å². The smallest absolute Gasteiger partial charge is 0.00474 e. The normalized spacial score (nSPS) is 29.4. The fourth-order valence-electron chi connectivity index (χ4n) is 2.24. The molecule has 13 heavy (non-hydrogen) atoms. The Bertz CT molecular complexity index is 199. The van der Waals surface area contributed by atoms with Gasteiger partial charge in [0.25, 0.3) is 0 Å². The molecule has 1 aliphatic heterocycles. The van der Waals surface area contributed by atoms with Crippen LogP contribution in [0.4, 0.5) is 0 Å². The highest BCUT2D eigenvalue weighted by Crippen LogP contribution is 2.16. The van der Waals surface area contributed by atoms with Crippen LogP contribution in [-0.4, -0.2) is 24.5 Å². The van der Waals surface area contributed by atoms with Gasteiger partial charge in [-0.1, -0.05) is 30.7 Å². The Balaban J connectivity index is 1.76. The van der Waals surface area contributed by atoms with Crippen molar-refractivity contribution in [3.63, 3.8) is 0 Å². The molecule has 2 aliphatic rings. The third-order valence-corrected chi connectivity index (χ3v) is 3.01. The molecule has 2 rings (SSSR count). The van der Waals surface area contributed by atoms with Crippen LogP contribution in [0.3, 0.4) is 0 Å². The molecular weight excluding hydrogens is 158 g/mol. The molecule has 1 nitrogen and oxygen atoms in total. The molecule has 0 amide bonds. The van der Waals surface area contributed by atoms with E-state index in [9.17, 15) is 0 Å². The quantitative estimate of drug-likeness (QED) is 0.626. The summed E-state index contributed by atoms with van der Waals surface area (Å²) in [5.41, 5.74) is 0. The topological polar surface area (TPSA) is 3.24 Å². The van der Waals surface area contributed by atoms with Gasteiger partial charge in [-0.2, -0.15) is 0 Å². The van der Waals surface area contributed by atoms with E-state index < -0.39 is 0 Å². The minimum Gasteiger partial charge on any atom is -0.303 e. The summed E-state index contributed by atoms with van der Waals surface area (Å²) in [6, 6.07) is 0. The summed E-state index contributed by atoms with van der Waals surface area (Å²) in [4.78, 5) is 2.62. The van der Waals surface area contributed by atoms with Gasteiger partial charge in [0.15, 0.2) is 0 Å². The number of rotatable bonds is 2. The van der Waals surface area contributed by atoms with Gasteiger partial charge in [-0.3, -0.25) is 0 Å². The molecule has 0 bridgehead atoms. The lowest BCUT2D eigenvalue weighted by Crippen LogP contribution is -2.33. The molecule has 1 saturated heterocycles. The molecular formula is C12H19N. The number of nitrogens with zero attached hydrogens (tertiary/aromatic N) is 1. The van der Waals surface area contributed by atoms with Crippen molar-refractivity contribution in [3.05, 3.63) is 24.3 Å². The van der Waals surface area contributed by atoms with Gasteiger partial charge in [0, 0.05) is 6.54 Å². The Kier molecular flexibility index (Phi) is 3.20. The molecule has 0 aromatic carbocycles. The van der Waals surface area contributed by atoms with Gasteiger partial charge in [0.2, 0.25) is 0 Å². The molecule has 72 valence electrons. The lowest BCUT2D eigenvalue weighted by Gasteiger charge is -2.29. The molecule has 1 unspecified atom stereocenters. The zero-order valence-corrected chi connectivity index (χ0v) is 8.28. The Labute approximate surface area is 81.1 Å². The predicted molar refractivity (Wildman–Crippen MR) is 56.7 cm³/mol. The maximum atomic E-state index is 2.62. The highest BCUT2D eigenvalue weighted by Gasteiger charge is 2.14. The summed E-state index contributed by atoms with van der Waals surface area (Å²) in [6.45, 7) is 3.93. The molecule has 1 heterocycles. The molecule has 0 spiro atoms. The maximum Gasteiger partial charge on any atom is 0.00474 e. The highest BCUT2D eigenvalue weighted by molar-refractivity contribution is 5.11. The van der Waals surface area contributed by atoms with E-state index in [1.54, 1.807) is 0 Å². The van der Waals surface area contributed by atoms with Gasteiger partial charge in [-0.15, -0.1) is 0 Å². The minimum atomic E-state index is 0.781. The first-order valence-electron chi connectivity index (χ1n) is 5.51. The molecule has 0 radical (unpaired) electrons. The minimum absolute atomic E-state index is 0.781. The van der Waals surface area contributed by atoms with Gasteiger partial charge in [-0.05, 0) is 38.3 Å². The Morgan fingerprint density at radius 1 is 1.08 bits per heavy atom. The highest BCUT2D eigenvalue weighted by atomic mass is 15.1. The average Bonchev–Trinajstić information content (AvgIpc) is 2.21. The van der Waals surface area contributed by atoms with Crippen molar-refractivity contribution in [3.8, 4) is 0 Å². The van der Waals surface area contributed by atoms with E-state index in [0.29, 0.717) is 0 Å². The summed E-state index contributed by atoms with van der Waals surface area (Å²) >= 11 is 0. The fraction of sp³-hybridized carbons (Fsp3) is 0.667. The van der Waals surface area contributed by atoms with E-state index in [-0.39, 0.29) is 0 Å². The van der Waals surface area contributed by atoms with Crippen molar-refractivity contribution in [1.82, 2.24) is 4.90 Å². The van der Waals surface area contributed by atoms with Crippen LogP contribution in [0.15, 0.2) is 24.3 Å². The third-order valence-electron chi connectivity index (χ3n) is 3.01. The first kappa shape index (κ1) is 9.01. The number of piperidine rings is 1. The molecule has 1 aliphatic carbocycles. The zero-order chi connectivity index (χ0) is 8.93. The zero-order valence-electron chi connectivity index (χ0n) is 8.28. The second kappa shape index (κ2) is 4.61. The molecule has 1 atom stereocenters. The van der Waals surface area contributed by atoms with Crippen LogP contribution in [0.5, 0.6) is 0 Å². The van der Waals surface area contributed by atoms with E-state index in [2.05, 4.69) is 29.2 Å². The SMILES string of the molecule is C1=CCC(CN2CCCCC2)C=C1. The van der Waals surface area contributed by atoms with Crippen LogP contribution in [0.2, 0.25) is 0 Å². The summed E-state index contributed by atoms with van der Waals surface area (Å²) < 4.78 is 0. The molecule has 0 aromatic heterocycles. The van der Waals surface area contributed by atoms with E-state index in [4.69, 9.17) is 0 Å². The van der Waals surface area contributed by atoms with E-state index in [1.807, 2.05) is 0 Å². The van der Waals surface area contributed by atoms with Gasteiger partial charge in [-0.25, -0.2) is 0 Å². The summed E-state index contributed by atoms with van der Waals surface area (Å²) in [5, 5.41) is 0. The van der Waals surface area contributed by atoms with Crippen molar-refractivity contribution in [1.29, 1.82) is 0 Å². The number of likely N-dealkylation sites (tertiary alicyclic amines) is 1. The van der Waals surface area contributed by atoms with Crippen molar-refractivity contribution < 1.29 is 0 Å². The molecule has 0 saturated carbocycles. The molecule has 0 N–H and O–H groups in total. The number of hydrogen-bond donors (Lipinski definition) is 0. The largest absolute Gasteiger partial charge is 0.303 e. The van der Waals surface area contributed by atoms with Gasteiger partial charge < -0.3 is 4.90 Å². The summed E-state index contributed by atoms with van der Waals surface area (Å²) in [6.07, 6.45) is 14.5. The van der Waals surface area contributed by atoms with Crippen molar-refractivity contribution >= 4 is 0 Å². The molecule has 1 heteroatoms. The first-order valence-corrected chi connectivity index (χ1v) is 5.51. The second-order valence-electron chi connectivity index (χ2n) is 4.17. The predicted octanol–water partition coefficient (Wildman–Crippen LogP) is 2.60. The van der Waals surface area contributed by atoms with Crippen LogP contribution < -0.4 is 0 Å². The van der Waals surface area contributed by atoms with E-state index >= 15 is 0 Å². The average molecular weight is 177 g/mol. The maximum absolute atomic E-state index is 2.62. The standard InChI is InChI=1S/C12H19N/c1-3-7-12(8-4-1)11-13-9-5-2-6-10-13/h1,3-4,7,12H,2,5-6,8-11H2. The Morgan fingerprint density at radius 2 is 1.92 bits per heavy atom. The molecule has 1 fully saturated rings. The number of hydrogen-bond acceptors (Lipinski definition) is 1. The third kappa shape index (κ3) is 2.70. The van der Waals surface area contributed by atoms with Crippen LogP contribution in [0.25, 0.3) is 0 Å². The summed E-state index contributed by atoms with van der Waals surface area (Å²) in [7, 11) is 0. The monoisotopic (exact) mass is 177 g/mol. The van der Waals surface area contributed by atoms with Crippen LogP contribution in [0, 0.1) is 5.92 Å². The molecule has 0 aromatic rings. The summed E-state index contributed by atoms with van der Waals surface area (Å²) in [5.74, 6) is 0.781. The van der Waals surface area contributed by atoms with E-state index in [0.717, 1.165) is 5.92 Å². The lowest BCUT2D eigenvalue weighted by molar-refractivity contribution is 0.209.